The Balaban J connectivity index is 1.98. The molecule has 0 aliphatic heterocycles. The number of aromatic nitrogens is 2. The van der Waals surface area contributed by atoms with E-state index in [4.69, 9.17) is 21.2 Å². The molecule has 1 aromatic carbocycles. The summed E-state index contributed by atoms with van der Waals surface area (Å²) in [4.78, 5) is 32.5. The van der Waals surface area contributed by atoms with Crippen LogP contribution in [0, 0.1) is 6.92 Å². The van der Waals surface area contributed by atoms with Crippen molar-refractivity contribution in [1.29, 1.82) is 0 Å². The van der Waals surface area contributed by atoms with Crippen molar-refractivity contribution in [3.8, 4) is 5.75 Å². The highest BCUT2D eigenvalue weighted by atomic mass is 35.5. The van der Waals surface area contributed by atoms with Gasteiger partial charge < -0.3 is 14.6 Å². The van der Waals surface area contributed by atoms with Crippen LogP contribution in [-0.4, -0.2) is 22.8 Å². The summed E-state index contributed by atoms with van der Waals surface area (Å²) in [7, 11) is 0. The molecule has 8 heteroatoms. The lowest BCUT2D eigenvalue weighted by atomic mass is 10.2. The Labute approximate surface area is 143 Å². The molecular weight excluding hydrogens is 334 g/mol. The van der Waals surface area contributed by atoms with Crippen molar-refractivity contribution in [3.63, 3.8) is 0 Å². The summed E-state index contributed by atoms with van der Waals surface area (Å²) in [6.07, 6.45) is 2.16. The van der Waals surface area contributed by atoms with Crippen molar-refractivity contribution in [2.24, 2.45) is 5.16 Å². The average molecular weight is 352 g/mol. The summed E-state index contributed by atoms with van der Waals surface area (Å²) in [6, 6.07) is 5.34. The fraction of sp³-hybridized carbons (Fsp3) is 0.312. The molecule has 1 heterocycles. The number of aryl methyl sites for hydroxylation is 1. The quantitative estimate of drug-likeness (QED) is 0.591. The van der Waals surface area contributed by atoms with Gasteiger partial charge in [-0.25, -0.2) is 4.79 Å². The highest BCUT2D eigenvalue weighted by molar-refractivity contribution is 6.32. The fourth-order valence-electron chi connectivity index (χ4n) is 1.93. The van der Waals surface area contributed by atoms with Gasteiger partial charge in [-0.1, -0.05) is 29.7 Å². The number of benzene rings is 1. The summed E-state index contributed by atoms with van der Waals surface area (Å²) < 4.78 is 5.49. The van der Waals surface area contributed by atoms with Crippen LogP contribution in [0.3, 0.4) is 0 Å². The molecule has 0 amide bonds. The Bertz CT molecular complexity index is 842. The molecule has 2 N–H and O–H groups in total. The molecule has 0 fully saturated rings. The Kier molecular flexibility index (Phi) is 6.20. The highest BCUT2D eigenvalue weighted by Gasteiger charge is 2.04. The number of halogens is 1. The molecule has 24 heavy (non-hydrogen) atoms. The first-order valence-electron chi connectivity index (χ1n) is 7.41. The van der Waals surface area contributed by atoms with Gasteiger partial charge in [-0.2, -0.15) is 0 Å². The molecule has 128 valence electrons. The molecule has 0 spiro atoms. The van der Waals surface area contributed by atoms with Crippen LogP contribution in [0.4, 0.5) is 0 Å². The molecule has 1 aromatic heterocycles. The third kappa shape index (κ3) is 4.73. The second-order valence-corrected chi connectivity index (χ2v) is 5.48. The molecule has 0 aliphatic rings. The summed E-state index contributed by atoms with van der Waals surface area (Å²) in [5, 5.41) is 4.25. The number of H-pyrrole nitrogens is 2. The van der Waals surface area contributed by atoms with Crippen LogP contribution in [0.2, 0.25) is 5.02 Å². The minimum atomic E-state index is -0.560. The Morgan fingerprint density at radius 2 is 2.08 bits per heavy atom. The largest absolute Gasteiger partial charge is 0.492 e. The van der Waals surface area contributed by atoms with Crippen LogP contribution in [0.25, 0.3) is 0 Å². The van der Waals surface area contributed by atoms with Crippen LogP contribution >= 0.6 is 11.6 Å². The van der Waals surface area contributed by atoms with E-state index in [1.54, 1.807) is 19.1 Å². The van der Waals surface area contributed by atoms with Gasteiger partial charge in [0.2, 0.25) is 0 Å². The van der Waals surface area contributed by atoms with E-state index in [-0.39, 0.29) is 12.2 Å². The van der Waals surface area contributed by atoms with Gasteiger partial charge in [0.25, 0.3) is 5.56 Å². The van der Waals surface area contributed by atoms with Gasteiger partial charge in [0.15, 0.2) is 0 Å². The zero-order valence-corrected chi connectivity index (χ0v) is 14.1. The first-order valence-corrected chi connectivity index (χ1v) is 7.78. The number of hydrogen-bond donors (Lipinski definition) is 2. The lowest BCUT2D eigenvalue weighted by Crippen LogP contribution is -2.26. The van der Waals surface area contributed by atoms with Crippen LogP contribution in [-0.2, 0) is 11.4 Å². The fourth-order valence-corrected chi connectivity index (χ4v) is 2.19. The maximum absolute atomic E-state index is 11.6. The number of ether oxygens (including phenoxy) is 1. The first kappa shape index (κ1) is 17.8. The predicted octanol–water partition coefficient (Wildman–Crippen LogP) is 2.36. The second kappa shape index (κ2) is 8.35. The third-order valence-corrected chi connectivity index (χ3v) is 3.42. The molecule has 2 rings (SSSR count). The lowest BCUT2D eigenvalue weighted by molar-refractivity contribution is 0.132. The van der Waals surface area contributed by atoms with Gasteiger partial charge in [-0.15, -0.1) is 0 Å². The number of aromatic amines is 2. The van der Waals surface area contributed by atoms with E-state index in [2.05, 4.69) is 15.1 Å². The van der Waals surface area contributed by atoms with Gasteiger partial charge in [0, 0.05) is 5.69 Å². The number of oxime groups is 1. The van der Waals surface area contributed by atoms with Crippen molar-refractivity contribution in [1.82, 2.24) is 9.97 Å². The number of rotatable bonds is 7. The van der Waals surface area contributed by atoms with E-state index in [1.807, 2.05) is 13.0 Å². The molecule has 0 bridgehead atoms. The zero-order chi connectivity index (χ0) is 17.5. The maximum Gasteiger partial charge on any atom is 0.325 e. The predicted molar refractivity (Wildman–Crippen MR) is 92.0 cm³/mol. The SMILES string of the molecule is CCCOc1ccc(CO/N=C\c2c(C)[nH]c(=O)[nH]c2=O)cc1Cl. The summed E-state index contributed by atoms with van der Waals surface area (Å²) in [5.41, 5.74) is 0.375. The molecule has 0 atom stereocenters. The van der Waals surface area contributed by atoms with E-state index in [9.17, 15) is 9.59 Å². The standard InChI is InChI=1S/C16H18ClN3O4/c1-3-6-23-14-5-4-11(7-13(14)17)9-24-18-8-12-10(2)19-16(22)20-15(12)21/h4-5,7-8H,3,6,9H2,1-2H3,(H2,19,20,21,22)/b18-8-. The van der Waals surface area contributed by atoms with E-state index >= 15 is 0 Å². The monoisotopic (exact) mass is 351 g/mol. The minimum Gasteiger partial charge on any atom is -0.492 e. The van der Waals surface area contributed by atoms with Gasteiger partial charge in [0.05, 0.1) is 23.4 Å². The van der Waals surface area contributed by atoms with Crippen LogP contribution in [0.5, 0.6) is 5.75 Å². The summed E-state index contributed by atoms with van der Waals surface area (Å²) in [5.74, 6) is 0.626. The average Bonchev–Trinajstić information content (AvgIpc) is 2.52. The van der Waals surface area contributed by atoms with E-state index in [1.165, 1.54) is 6.21 Å². The van der Waals surface area contributed by atoms with Crippen molar-refractivity contribution in [2.45, 2.75) is 26.9 Å². The van der Waals surface area contributed by atoms with Gasteiger partial charge in [-0.05, 0) is 31.0 Å². The first-order chi connectivity index (χ1) is 11.5. The Morgan fingerprint density at radius 1 is 1.29 bits per heavy atom. The molecule has 0 saturated carbocycles. The van der Waals surface area contributed by atoms with Crippen molar-refractivity contribution in [3.05, 3.63) is 60.9 Å². The molecule has 0 saturated heterocycles. The lowest BCUT2D eigenvalue weighted by Gasteiger charge is -2.08. The molecule has 2 aromatic rings. The van der Waals surface area contributed by atoms with Crippen molar-refractivity contribution < 1.29 is 9.57 Å². The summed E-state index contributed by atoms with van der Waals surface area (Å²) >= 11 is 6.13. The van der Waals surface area contributed by atoms with Gasteiger partial charge in [0.1, 0.15) is 12.4 Å². The number of nitrogens with zero attached hydrogens (tertiary/aromatic N) is 1. The molecule has 0 radical (unpaired) electrons. The van der Waals surface area contributed by atoms with Crippen LogP contribution in [0.15, 0.2) is 32.9 Å². The Morgan fingerprint density at radius 3 is 2.75 bits per heavy atom. The van der Waals surface area contributed by atoms with E-state index in [0.29, 0.717) is 23.1 Å². The van der Waals surface area contributed by atoms with Gasteiger partial charge in [-0.3, -0.25) is 9.78 Å². The van der Waals surface area contributed by atoms with Crippen LogP contribution < -0.4 is 16.0 Å². The highest BCUT2D eigenvalue weighted by Crippen LogP contribution is 2.25. The number of nitrogens with one attached hydrogen (secondary N) is 2. The zero-order valence-electron chi connectivity index (χ0n) is 13.4. The molecule has 0 unspecified atom stereocenters. The number of hydrogen-bond acceptors (Lipinski definition) is 5. The molecular formula is C16H18ClN3O4. The van der Waals surface area contributed by atoms with Crippen molar-refractivity contribution >= 4 is 17.8 Å². The van der Waals surface area contributed by atoms with E-state index < -0.39 is 11.2 Å². The van der Waals surface area contributed by atoms with Crippen LogP contribution in [0.1, 0.15) is 30.2 Å². The molecule has 0 aliphatic carbocycles. The Hall–Kier alpha value is -2.54. The smallest absolute Gasteiger partial charge is 0.325 e. The third-order valence-electron chi connectivity index (χ3n) is 3.12. The maximum atomic E-state index is 11.6. The molecule has 7 nitrogen and oxygen atoms in total. The van der Waals surface area contributed by atoms with Gasteiger partial charge >= 0.3 is 5.69 Å². The van der Waals surface area contributed by atoms with Crippen molar-refractivity contribution in [2.75, 3.05) is 6.61 Å². The normalized spacial score (nSPS) is 11.0. The second-order valence-electron chi connectivity index (χ2n) is 5.07. The van der Waals surface area contributed by atoms with E-state index in [0.717, 1.165) is 12.0 Å². The topological polar surface area (TPSA) is 96.5 Å². The minimum absolute atomic E-state index is 0.185. The summed E-state index contributed by atoms with van der Waals surface area (Å²) in [6.45, 7) is 4.41.